The summed E-state index contributed by atoms with van der Waals surface area (Å²) in [4.78, 5) is 23.7. The van der Waals surface area contributed by atoms with Crippen molar-refractivity contribution in [1.29, 1.82) is 0 Å². The number of carbonyl (C=O) groups is 1. The fourth-order valence-corrected chi connectivity index (χ4v) is 3.32. The number of hydrogen-bond donors (Lipinski definition) is 0. The highest BCUT2D eigenvalue weighted by Crippen LogP contribution is 2.23. The number of hydrogen-bond acceptors (Lipinski definition) is 3. The lowest BCUT2D eigenvalue weighted by Gasteiger charge is -2.08. The number of benzene rings is 3. The third-order valence-corrected chi connectivity index (χ3v) is 4.69. The summed E-state index contributed by atoms with van der Waals surface area (Å²) in [5, 5.41) is 12.2. The molecule has 5 heteroatoms. The topological polar surface area (TPSA) is 64.1 Å². The first-order chi connectivity index (χ1) is 13.6. The van der Waals surface area contributed by atoms with Gasteiger partial charge in [-0.25, -0.2) is 0 Å². The number of carbonyl (C=O) groups excluding carboxylic acids is 1. The Bertz CT molecular complexity index is 1190. The number of ketones is 1. The molecule has 4 rings (SSSR count). The second-order valence-electron chi connectivity index (χ2n) is 6.46. The molecule has 136 valence electrons. The summed E-state index contributed by atoms with van der Waals surface area (Å²) in [5.41, 5.74) is 3.00. The van der Waals surface area contributed by atoms with Crippen LogP contribution in [0.5, 0.6) is 0 Å². The molecule has 0 saturated carbocycles. The first kappa shape index (κ1) is 17.5. The van der Waals surface area contributed by atoms with Crippen LogP contribution in [0.2, 0.25) is 0 Å². The van der Waals surface area contributed by atoms with Gasteiger partial charge in [-0.1, -0.05) is 48.5 Å². The van der Waals surface area contributed by atoms with E-state index in [1.807, 2.05) is 65.2 Å². The normalized spacial score (nSPS) is 10.7. The van der Waals surface area contributed by atoms with Crippen molar-refractivity contribution in [2.24, 2.45) is 0 Å². The molecule has 28 heavy (non-hydrogen) atoms. The highest BCUT2D eigenvalue weighted by molar-refractivity contribution is 5.95. The minimum Gasteiger partial charge on any atom is -0.287 e. The largest absolute Gasteiger partial charge is 0.287 e. The number of fused-ring (bicyclic) bond motifs is 1. The van der Waals surface area contributed by atoms with Gasteiger partial charge in [0.2, 0.25) is 23.5 Å². The van der Waals surface area contributed by atoms with Crippen molar-refractivity contribution >= 4 is 22.4 Å². The number of nitro benzene ring substituents is 1. The standard InChI is InChI=1S/C23H17N2O3/c26-23(18-8-2-1-3-9-18)16-24-21-12-5-4-7-17(21)13-14-22(24)19-10-6-11-20(15-19)25(27)28/h1-15H,16H2/q+1. The van der Waals surface area contributed by atoms with Gasteiger partial charge in [-0.2, -0.15) is 4.57 Å². The average Bonchev–Trinajstić information content (AvgIpc) is 2.74. The van der Waals surface area contributed by atoms with Crippen molar-refractivity contribution in [2.75, 3.05) is 0 Å². The highest BCUT2D eigenvalue weighted by Gasteiger charge is 2.22. The predicted molar refractivity (Wildman–Crippen MR) is 107 cm³/mol. The van der Waals surface area contributed by atoms with Crippen LogP contribution in [0.4, 0.5) is 5.69 Å². The summed E-state index contributed by atoms with van der Waals surface area (Å²) >= 11 is 0. The lowest BCUT2D eigenvalue weighted by molar-refractivity contribution is -0.646. The first-order valence-electron chi connectivity index (χ1n) is 8.88. The van der Waals surface area contributed by atoms with E-state index < -0.39 is 4.92 Å². The molecule has 4 aromatic rings. The van der Waals surface area contributed by atoms with E-state index in [0.717, 1.165) is 16.6 Å². The Morgan fingerprint density at radius 1 is 0.857 bits per heavy atom. The van der Waals surface area contributed by atoms with E-state index >= 15 is 0 Å². The van der Waals surface area contributed by atoms with Crippen LogP contribution in [-0.4, -0.2) is 10.7 Å². The molecule has 0 saturated heterocycles. The number of Topliss-reactive ketones (excluding diaryl/α,β-unsaturated/α-hetero) is 1. The minimum atomic E-state index is -0.413. The number of nitrogens with zero attached hydrogens (tertiary/aromatic N) is 2. The second-order valence-corrected chi connectivity index (χ2v) is 6.46. The van der Waals surface area contributed by atoms with E-state index in [1.54, 1.807) is 18.2 Å². The molecular weight excluding hydrogens is 352 g/mol. The van der Waals surface area contributed by atoms with Crippen molar-refractivity contribution in [3.63, 3.8) is 0 Å². The Kier molecular flexibility index (Phi) is 4.64. The molecule has 3 aromatic carbocycles. The van der Waals surface area contributed by atoms with Crippen LogP contribution in [-0.2, 0) is 6.54 Å². The van der Waals surface area contributed by atoms with Gasteiger partial charge in [0.1, 0.15) is 0 Å². The van der Waals surface area contributed by atoms with Crippen molar-refractivity contribution in [3.05, 3.63) is 107 Å². The molecular formula is C23H17N2O3+. The zero-order valence-electron chi connectivity index (χ0n) is 15.0. The summed E-state index contributed by atoms with van der Waals surface area (Å²) in [7, 11) is 0. The Morgan fingerprint density at radius 2 is 1.61 bits per heavy atom. The molecule has 0 fully saturated rings. The van der Waals surface area contributed by atoms with E-state index in [0.29, 0.717) is 11.1 Å². The molecule has 0 spiro atoms. The first-order valence-corrected chi connectivity index (χ1v) is 8.88. The fourth-order valence-electron chi connectivity index (χ4n) is 3.32. The number of non-ortho nitro benzene ring substituents is 1. The van der Waals surface area contributed by atoms with Gasteiger partial charge in [0, 0.05) is 35.2 Å². The van der Waals surface area contributed by atoms with Crippen LogP contribution in [0, 0.1) is 10.1 Å². The SMILES string of the molecule is O=C(C[n+]1c(-c2cccc([N+](=O)[O-])c2)ccc2ccccc21)c1ccccc1. The zero-order chi connectivity index (χ0) is 19.5. The molecule has 1 aromatic heterocycles. The second kappa shape index (κ2) is 7.40. The molecule has 0 amide bonds. The Hall–Kier alpha value is -3.86. The summed E-state index contributed by atoms with van der Waals surface area (Å²) in [5.74, 6) is -0.0198. The third kappa shape index (κ3) is 3.38. The minimum absolute atomic E-state index is 0.0198. The molecule has 0 atom stereocenters. The van der Waals surface area contributed by atoms with E-state index in [2.05, 4.69) is 0 Å². The van der Waals surface area contributed by atoms with Crippen LogP contribution >= 0.6 is 0 Å². The zero-order valence-corrected chi connectivity index (χ0v) is 15.0. The summed E-state index contributed by atoms with van der Waals surface area (Å²) in [6.07, 6.45) is 0. The van der Waals surface area contributed by atoms with E-state index in [1.165, 1.54) is 12.1 Å². The van der Waals surface area contributed by atoms with Gasteiger partial charge in [0.15, 0.2) is 0 Å². The molecule has 0 radical (unpaired) electrons. The predicted octanol–water partition coefficient (Wildman–Crippen LogP) is 4.59. The quantitative estimate of drug-likeness (QED) is 0.224. The molecule has 0 N–H and O–H groups in total. The van der Waals surface area contributed by atoms with Crippen molar-refractivity contribution < 1.29 is 14.3 Å². The summed E-state index contributed by atoms with van der Waals surface area (Å²) in [6, 6.07) is 27.3. The van der Waals surface area contributed by atoms with Gasteiger partial charge in [0.25, 0.3) is 5.69 Å². The summed E-state index contributed by atoms with van der Waals surface area (Å²) < 4.78 is 1.92. The van der Waals surface area contributed by atoms with Crippen molar-refractivity contribution in [1.82, 2.24) is 0 Å². The number of rotatable bonds is 5. The Balaban J connectivity index is 1.87. The summed E-state index contributed by atoms with van der Waals surface area (Å²) in [6.45, 7) is 0.142. The molecule has 0 aliphatic carbocycles. The average molecular weight is 369 g/mol. The lowest BCUT2D eigenvalue weighted by atomic mass is 10.1. The van der Waals surface area contributed by atoms with E-state index in [9.17, 15) is 14.9 Å². The smallest absolute Gasteiger partial charge is 0.270 e. The molecule has 1 heterocycles. The Morgan fingerprint density at radius 3 is 2.39 bits per heavy atom. The highest BCUT2D eigenvalue weighted by atomic mass is 16.6. The van der Waals surface area contributed by atoms with Gasteiger partial charge in [-0.15, -0.1) is 0 Å². The van der Waals surface area contributed by atoms with Gasteiger partial charge in [0.05, 0.1) is 10.5 Å². The van der Waals surface area contributed by atoms with Gasteiger partial charge >= 0.3 is 0 Å². The fraction of sp³-hybridized carbons (Fsp3) is 0.0435. The van der Waals surface area contributed by atoms with Crippen LogP contribution in [0.25, 0.3) is 22.2 Å². The van der Waals surface area contributed by atoms with Crippen LogP contribution in [0.3, 0.4) is 0 Å². The molecule has 5 nitrogen and oxygen atoms in total. The van der Waals surface area contributed by atoms with E-state index in [-0.39, 0.29) is 18.0 Å². The third-order valence-electron chi connectivity index (χ3n) is 4.69. The molecule has 0 aliphatic rings. The maximum absolute atomic E-state index is 12.9. The maximum atomic E-state index is 12.9. The van der Waals surface area contributed by atoms with Crippen molar-refractivity contribution in [2.45, 2.75) is 6.54 Å². The van der Waals surface area contributed by atoms with Gasteiger partial charge < -0.3 is 0 Å². The van der Waals surface area contributed by atoms with Crippen LogP contribution < -0.4 is 4.57 Å². The number of para-hydroxylation sites is 1. The monoisotopic (exact) mass is 369 g/mol. The molecule has 0 bridgehead atoms. The molecule has 0 unspecified atom stereocenters. The van der Waals surface area contributed by atoms with E-state index in [4.69, 9.17) is 0 Å². The Labute approximate surface area is 161 Å². The number of nitro groups is 1. The molecule has 0 aliphatic heterocycles. The van der Waals surface area contributed by atoms with Gasteiger partial charge in [-0.05, 0) is 18.2 Å². The maximum Gasteiger partial charge on any atom is 0.270 e. The lowest BCUT2D eigenvalue weighted by Crippen LogP contribution is -2.41. The van der Waals surface area contributed by atoms with Crippen LogP contribution in [0.15, 0.2) is 91.0 Å². The number of aromatic nitrogens is 1. The van der Waals surface area contributed by atoms with Crippen molar-refractivity contribution in [3.8, 4) is 11.3 Å². The van der Waals surface area contributed by atoms with Crippen LogP contribution in [0.1, 0.15) is 10.4 Å². The van der Waals surface area contributed by atoms with Gasteiger partial charge in [-0.3, -0.25) is 14.9 Å². The number of pyridine rings is 1.